The van der Waals surface area contributed by atoms with E-state index in [-0.39, 0.29) is 0 Å². The van der Waals surface area contributed by atoms with Crippen LogP contribution in [-0.4, -0.2) is 28.4 Å². The number of rotatable bonds is 2. The Morgan fingerprint density at radius 3 is 2.82 bits per heavy atom. The maximum Gasteiger partial charge on any atom is 0.181 e. The van der Waals surface area contributed by atoms with Crippen LogP contribution in [0.4, 0.5) is 0 Å². The highest BCUT2D eigenvalue weighted by atomic mass is 16.6. The molecule has 0 saturated carbocycles. The number of nitrogens with zero attached hydrogens (tertiary/aromatic N) is 2. The fraction of sp³-hybridized carbons (Fsp3) is 0.333. The van der Waals surface area contributed by atoms with Crippen LogP contribution >= 0.6 is 0 Å². The number of aromatic amines is 1. The summed E-state index contributed by atoms with van der Waals surface area (Å²) >= 11 is 0. The Morgan fingerprint density at radius 1 is 1.24 bits per heavy atom. The molecule has 17 heavy (non-hydrogen) atoms. The van der Waals surface area contributed by atoms with E-state index in [1.54, 1.807) is 0 Å². The maximum absolute atomic E-state index is 5.53. The molecular formula is C12H13N3O2. The number of fused-ring (bicyclic) bond motifs is 1. The van der Waals surface area contributed by atoms with E-state index >= 15 is 0 Å². The Balaban J connectivity index is 1.97. The molecule has 2 heterocycles. The lowest BCUT2D eigenvalue weighted by molar-refractivity contribution is 0.171. The molecule has 0 saturated heterocycles. The minimum Gasteiger partial charge on any atom is -0.486 e. The number of benzene rings is 1. The average molecular weight is 231 g/mol. The highest BCUT2D eigenvalue weighted by molar-refractivity contribution is 5.61. The topological polar surface area (TPSA) is 60.0 Å². The van der Waals surface area contributed by atoms with Crippen LogP contribution in [0.5, 0.6) is 11.5 Å². The first-order valence-electron chi connectivity index (χ1n) is 5.68. The molecule has 3 rings (SSSR count). The smallest absolute Gasteiger partial charge is 0.181 e. The molecule has 0 amide bonds. The third-order valence-electron chi connectivity index (χ3n) is 2.67. The Hall–Kier alpha value is -2.04. The number of H-pyrrole nitrogens is 1. The molecule has 1 aromatic heterocycles. The minimum atomic E-state index is 0.588. The van der Waals surface area contributed by atoms with E-state index in [4.69, 9.17) is 9.47 Å². The summed E-state index contributed by atoms with van der Waals surface area (Å²) in [6, 6.07) is 5.75. The molecule has 5 nitrogen and oxygen atoms in total. The van der Waals surface area contributed by atoms with Crippen LogP contribution in [0.15, 0.2) is 18.2 Å². The van der Waals surface area contributed by atoms with Gasteiger partial charge in [-0.15, -0.1) is 0 Å². The lowest BCUT2D eigenvalue weighted by Crippen LogP contribution is -2.15. The zero-order chi connectivity index (χ0) is 11.7. The van der Waals surface area contributed by atoms with Crippen molar-refractivity contribution in [1.29, 1.82) is 0 Å². The van der Waals surface area contributed by atoms with Crippen molar-refractivity contribution in [2.24, 2.45) is 0 Å². The van der Waals surface area contributed by atoms with Crippen LogP contribution in [0.25, 0.3) is 11.4 Å². The SMILES string of the molecule is CCc1nc(-c2ccc3c(c2)OCCO3)n[nH]1. The Bertz CT molecular complexity index is 536. The van der Waals surface area contributed by atoms with E-state index in [9.17, 15) is 0 Å². The van der Waals surface area contributed by atoms with Gasteiger partial charge in [-0.25, -0.2) is 4.98 Å². The third kappa shape index (κ3) is 1.84. The van der Waals surface area contributed by atoms with Gasteiger partial charge in [0.05, 0.1) is 0 Å². The van der Waals surface area contributed by atoms with Crippen molar-refractivity contribution < 1.29 is 9.47 Å². The van der Waals surface area contributed by atoms with Gasteiger partial charge in [0.25, 0.3) is 0 Å². The number of nitrogens with one attached hydrogen (secondary N) is 1. The zero-order valence-electron chi connectivity index (χ0n) is 9.56. The second-order valence-corrected chi connectivity index (χ2v) is 3.82. The largest absolute Gasteiger partial charge is 0.486 e. The molecule has 1 aromatic carbocycles. The quantitative estimate of drug-likeness (QED) is 0.856. The predicted octanol–water partition coefficient (Wildman–Crippen LogP) is 1.81. The summed E-state index contributed by atoms with van der Waals surface area (Å²) in [5, 5.41) is 7.07. The van der Waals surface area contributed by atoms with E-state index in [2.05, 4.69) is 15.2 Å². The van der Waals surface area contributed by atoms with Crippen molar-refractivity contribution in [3.8, 4) is 22.9 Å². The van der Waals surface area contributed by atoms with Crippen LogP contribution in [0.2, 0.25) is 0 Å². The van der Waals surface area contributed by atoms with Gasteiger partial charge in [0.15, 0.2) is 17.3 Å². The molecule has 0 fully saturated rings. The molecule has 0 unspecified atom stereocenters. The maximum atomic E-state index is 5.53. The van der Waals surface area contributed by atoms with Crippen molar-refractivity contribution in [2.45, 2.75) is 13.3 Å². The molecule has 5 heteroatoms. The molecule has 0 bridgehead atoms. The lowest BCUT2D eigenvalue weighted by Gasteiger charge is -2.18. The molecule has 0 atom stereocenters. The van der Waals surface area contributed by atoms with Gasteiger partial charge >= 0.3 is 0 Å². The Morgan fingerprint density at radius 2 is 2.06 bits per heavy atom. The lowest BCUT2D eigenvalue weighted by atomic mass is 10.2. The summed E-state index contributed by atoms with van der Waals surface area (Å²) in [5.41, 5.74) is 0.935. The minimum absolute atomic E-state index is 0.588. The van der Waals surface area contributed by atoms with Crippen molar-refractivity contribution in [1.82, 2.24) is 15.2 Å². The van der Waals surface area contributed by atoms with E-state index in [0.717, 1.165) is 29.3 Å². The second-order valence-electron chi connectivity index (χ2n) is 3.82. The van der Waals surface area contributed by atoms with Crippen LogP contribution in [0.1, 0.15) is 12.7 Å². The normalized spacial score (nSPS) is 13.7. The van der Waals surface area contributed by atoms with Gasteiger partial charge in [0.2, 0.25) is 0 Å². The van der Waals surface area contributed by atoms with Gasteiger partial charge < -0.3 is 9.47 Å². The van der Waals surface area contributed by atoms with Crippen molar-refractivity contribution in [3.05, 3.63) is 24.0 Å². The Labute approximate surface area is 98.8 Å². The van der Waals surface area contributed by atoms with E-state index in [1.165, 1.54) is 0 Å². The monoisotopic (exact) mass is 231 g/mol. The highest BCUT2D eigenvalue weighted by Gasteiger charge is 2.14. The van der Waals surface area contributed by atoms with Gasteiger partial charge in [0.1, 0.15) is 19.0 Å². The summed E-state index contributed by atoms with van der Waals surface area (Å²) in [5.74, 6) is 3.12. The second kappa shape index (κ2) is 4.08. The first kappa shape index (κ1) is 10.1. The number of ether oxygens (including phenoxy) is 2. The zero-order valence-corrected chi connectivity index (χ0v) is 9.56. The summed E-state index contributed by atoms with van der Waals surface area (Å²) in [4.78, 5) is 4.38. The molecule has 0 radical (unpaired) electrons. The summed E-state index contributed by atoms with van der Waals surface area (Å²) in [6.07, 6.45) is 0.845. The van der Waals surface area contributed by atoms with Crippen LogP contribution in [-0.2, 0) is 6.42 Å². The van der Waals surface area contributed by atoms with Gasteiger partial charge in [-0.3, -0.25) is 5.10 Å². The van der Waals surface area contributed by atoms with E-state index in [0.29, 0.717) is 19.0 Å². The first-order chi connectivity index (χ1) is 8.36. The van der Waals surface area contributed by atoms with Gasteiger partial charge in [-0.1, -0.05) is 6.92 Å². The standard InChI is InChI=1S/C12H13N3O2/c1-2-11-13-12(15-14-11)8-3-4-9-10(7-8)17-6-5-16-9/h3-4,7H,2,5-6H2,1H3,(H,13,14,15). The number of hydrogen-bond donors (Lipinski definition) is 1. The molecule has 0 aliphatic carbocycles. The Kier molecular flexibility index (Phi) is 2.44. The third-order valence-corrected chi connectivity index (χ3v) is 2.67. The molecule has 1 aliphatic heterocycles. The van der Waals surface area contributed by atoms with Gasteiger partial charge in [-0.2, -0.15) is 5.10 Å². The summed E-state index contributed by atoms with van der Waals surface area (Å²) in [7, 11) is 0. The number of hydrogen-bond acceptors (Lipinski definition) is 4. The van der Waals surface area contributed by atoms with Crippen LogP contribution < -0.4 is 9.47 Å². The number of aryl methyl sites for hydroxylation is 1. The molecular weight excluding hydrogens is 218 g/mol. The highest BCUT2D eigenvalue weighted by Crippen LogP contribution is 2.33. The predicted molar refractivity (Wildman–Crippen MR) is 62.2 cm³/mol. The van der Waals surface area contributed by atoms with Crippen LogP contribution in [0, 0.1) is 0 Å². The average Bonchev–Trinajstić information content (AvgIpc) is 2.87. The molecule has 2 aromatic rings. The number of aromatic nitrogens is 3. The van der Waals surface area contributed by atoms with Crippen molar-refractivity contribution >= 4 is 0 Å². The van der Waals surface area contributed by atoms with E-state index < -0.39 is 0 Å². The van der Waals surface area contributed by atoms with Crippen LogP contribution in [0.3, 0.4) is 0 Å². The van der Waals surface area contributed by atoms with Gasteiger partial charge in [0, 0.05) is 12.0 Å². The summed E-state index contributed by atoms with van der Waals surface area (Å²) < 4.78 is 11.0. The summed E-state index contributed by atoms with van der Waals surface area (Å²) in [6.45, 7) is 3.23. The molecule has 1 N–H and O–H groups in total. The molecule has 0 spiro atoms. The molecule has 1 aliphatic rings. The van der Waals surface area contributed by atoms with E-state index in [1.807, 2.05) is 25.1 Å². The fourth-order valence-corrected chi connectivity index (χ4v) is 1.76. The molecule has 88 valence electrons. The van der Waals surface area contributed by atoms with Gasteiger partial charge in [-0.05, 0) is 18.2 Å². The fourth-order valence-electron chi connectivity index (χ4n) is 1.76. The first-order valence-corrected chi connectivity index (χ1v) is 5.68. The van der Waals surface area contributed by atoms with Crippen molar-refractivity contribution in [3.63, 3.8) is 0 Å². The van der Waals surface area contributed by atoms with Crippen molar-refractivity contribution in [2.75, 3.05) is 13.2 Å².